The van der Waals surface area contributed by atoms with Crippen LogP contribution in [0.1, 0.15) is 17.4 Å². The molecule has 1 N–H and O–H groups in total. The molecule has 2 rings (SSSR count). The molecular formula is C9H8ClN5O. The fourth-order valence-corrected chi connectivity index (χ4v) is 1.71. The van der Waals surface area contributed by atoms with Crippen LogP contribution in [0.4, 0.5) is 0 Å². The quantitative estimate of drug-likeness (QED) is 0.774. The summed E-state index contributed by atoms with van der Waals surface area (Å²) in [5.41, 5.74) is 0.630. The molecule has 0 aliphatic rings. The summed E-state index contributed by atoms with van der Waals surface area (Å²) in [6, 6.07) is 3.63. The molecule has 82 valence electrons. The van der Waals surface area contributed by atoms with E-state index in [0.717, 1.165) is 0 Å². The minimum absolute atomic E-state index is 0.160. The van der Waals surface area contributed by atoms with Gasteiger partial charge in [0.05, 0.1) is 11.8 Å². The lowest BCUT2D eigenvalue weighted by atomic mass is 10.1. The number of aromatic nitrogens is 4. The summed E-state index contributed by atoms with van der Waals surface area (Å²) in [6.45, 7) is 1.68. The average molecular weight is 238 g/mol. The summed E-state index contributed by atoms with van der Waals surface area (Å²) in [7, 11) is 0. The molecule has 0 aliphatic heterocycles. The van der Waals surface area contributed by atoms with Crippen molar-refractivity contribution in [3.05, 3.63) is 28.1 Å². The van der Waals surface area contributed by atoms with Gasteiger partial charge in [-0.15, -0.1) is 11.6 Å². The lowest BCUT2D eigenvalue weighted by molar-refractivity contribution is 0.857. The Morgan fingerprint density at radius 3 is 3.12 bits per heavy atom. The van der Waals surface area contributed by atoms with Gasteiger partial charge in [-0.05, 0) is 6.92 Å². The fraction of sp³-hybridized carbons (Fsp3) is 0.333. The Bertz CT molecular complexity index is 623. The molecule has 0 aliphatic carbocycles. The first-order valence-electron chi connectivity index (χ1n) is 4.57. The number of hydrogen-bond acceptors (Lipinski definition) is 4. The first kappa shape index (κ1) is 10.6. The number of halogens is 1. The predicted molar refractivity (Wildman–Crippen MR) is 57.4 cm³/mol. The van der Waals surface area contributed by atoms with Crippen molar-refractivity contribution in [1.82, 2.24) is 19.6 Å². The maximum atomic E-state index is 11.3. The zero-order valence-electron chi connectivity index (χ0n) is 8.44. The third kappa shape index (κ3) is 1.55. The molecule has 2 heterocycles. The van der Waals surface area contributed by atoms with Gasteiger partial charge in [-0.2, -0.15) is 10.4 Å². The summed E-state index contributed by atoms with van der Waals surface area (Å²) in [5, 5.41) is 15.0. The topological polar surface area (TPSA) is 86.8 Å². The van der Waals surface area contributed by atoms with E-state index in [1.165, 1.54) is 4.40 Å². The molecule has 2 aromatic heterocycles. The monoisotopic (exact) mass is 237 g/mol. The van der Waals surface area contributed by atoms with Gasteiger partial charge in [-0.1, -0.05) is 0 Å². The van der Waals surface area contributed by atoms with E-state index in [-0.39, 0.29) is 11.6 Å². The molecule has 0 aromatic carbocycles. The minimum atomic E-state index is -0.489. The van der Waals surface area contributed by atoms with Crippen molar-refractivity contribution >= 4 is 17.2 Å². The molecule has 1 atom stereocenters. The van der Waals surface area contributed by atoms with Crippen molar-refractivity contribution in [2.24, 2.45) is 0 Å². The van der Waals surface area contributed by atoms with E-state index < -0.39 is 5.92 Å². The number of rotatable bonds is 2. The first-order chi connectivity index (χ1) is 7.67. The van der Waals surface area contributed by atoms with E-state index in [4.69, 9.17) is 16.9 Å². The molecule has 1 unspecified atom stereocenters. The molecule has 7 heteroatoms. The summed E-state index contributed by atoms with van der Waals surface area (Å²) < 4.78 is 1.34. The minimum Gasteiger partial charge on any atom is -0.246 e. The van der Waals surface area contributed by atoms with Crippen LogP contribution in [0.3, 0.4) is 0 Å². The molecular weight excluding hydrogens is 230 g/mol. The van der Waals surface area contributed by atoms with E-state index in [2.05, 4.69) is 15.2 Å². The molecule has 0 bridgehead atoms. The number of nitrogens with one attached hydrogen (secondary N) is 1. The van der Waals surface area contributed by atoms with Gasteiger partial charge in [-0.25, -0.2) is 19.3 Å². The van der Waals surface area contributed by atoms with Crippen molar-refractivity contribution in [1.29, 1.82) is 5.26 Å². The molecule has 0 fully saturated rings. The molecule has 0 radical (unpaired) electrons. The van der Waals surface area contributed by atoms with Gasteiger partial charge in [-0.3, -0.25) is 0 Å². The van der Waals surface area contributed by atoms with E-state index in [1.54, 1.807) is 13.0 Å². The van der Waals surface area contributed by atoms with Crippen molar-refractivity contribution in [3.8, 4) is 6.07 Å². The largest absolute Gasteiger partial charge is 0.349 e. The number of aromatic amines is 1. The number of H-pyrrole nitrogens is 1. The van der Waals surface area contributed by atoms with Gasteiger partial charge < -0.3 is 0 Å². The van der Waals surface area contributed by atoms with Crippen LogP contribution in [-0.4, -0.2) is 25.5 Å². The second-order valence-corrected chi connectivity index (χ2v) is 3.60. The van der Waals surface area contributed by atoms with E-state index in [9.17, 15) is 4.79 Å². The average Bonchev–Trinajstić information content (AvgIpc) is 2.62. The van der Waals surface area contributed by atoms with Crippen LogP contribution in [0, 0.1) is 18.3 Å². The Morgan fingerprint density at radius 1 is 1.75 bits per heavy atom. The standard InChI is InChI=1S/C9H8ClN5O/c1-5-12-7(6(3-10)4-11)2-8-13-14-9(16)15(5)8/h2,6H,3H2,1H3,(H,14,16). The van der Waals surface area contributed by atoms with Gasteiger partial charge in [0.15, 0.2) is 5.65 Å². The Hall–Kier alpha value is -1.87. The SMILES string of the molecule is Cc1nc(C(C#N)CCl)cc2n[nH]c(=O)n12. The maximum absolute atomic E-state index is 11.3. The van der Waals surface area contributed by atoms with Crippen LogP contribution >= 0.6 is 11.6 Å². The molecule has 2 aromatic rings. The summed E-state index contributed by atoms with van der Waals surface area (Å²) in [5.74, 6) is 0.155. The van der Waals surface area contributed by atoms with E-state index in [1.807, 2.05) is 6.07 Å². The number of hydrogen-bond donors (Lipinski definition) is 1. The summed E-state index contributed by atoms with van der Waals surface area (Å²) >= 11 is 5.65. The fourth-order valence-electron chi connectivity index (χ4n) is 1.48. The predicted octanol–water partition coefficient (Wildman–Crippen LogP) is 0.572. The van der Waals surface area contributed by atoms with Crippen LogP contribution in [0.15, 0.2) is 10.9 Å². The Labute approximate surface area is 95.5 Å². The van der Waals surface area contributed by atoms with Crippen LogP contribution in [0.2, 0.25) is 0 Å². The Morgan fingerprint density at radius 2 is 2.50 bits per heavy atom. The second-order valence-electron chi connectivity index (χ2n) is 3.29. The van der Waals surface area contributed by atoms with E-state index >= 15 is 0 Å². The Kier molecular flexibility index (Phi) is 2.62. The number of nitriles is 1. The number of nitrogens with zero attached hydrogens (tertiary/aromatic N) is 4. The molecule has 16 heavy (non-hydrogen) atoms. The van der Waals surface area contributed by atoms with Gasteiger partial charge in [0.2, 0.25) is 0 Å². The summed E-state index contributed by atoms with van der Waals surface area (Å²) in [4.78, 5) is 15.5. The number of alkyl halides is 1. The van der Waals surface area contributed by atoms with Gasteiger partial charge in [0.25, 0.3) is 0 Å². The van der Waals surface area contributed by atoms with Crippen LogP contribution in [-0.2, 0) is 0 Å². The second kappa shape index (κ2) is 3.94. The zero-order valence-corrected chi connectivity index (χ0v) is 9.19. The molecule has 0 saturated heterocycles. The van der Waals surface area contributed by atoms with Crippen molar-refractivity contribution < 1.29 is 0 Å². The third-order valence-corrected chi connectivity index (χ3v) is 2.57. The summed E-state index contributed by atoms with van der Waals surface area (Å²) in [6.07, 6.45) is 0. The van der Waals surface area contributed by atoms with E-state index in [0.29, 0.717) is 17.2 Å². The van der Waals surface area contributed by atoms with Crippen molar-refractivity contribution in [3.63, 3.8) is 0 Å². The Balaban J connectivity index is 2.68. The number of aryl methyl sites for hydroxylation is 1. The highest BCUT2D eigenvalue weighted by atomic mass is 35.5. The van der Waals surface area contributed by atoms with Crippen molar-refractivity contribution in [2.75, 3.05) is 5.88 Å². The van der Waals surface area contributed by atoms with Crippen molar-refractivity contribution in [2.45, 2.75) is 12.8 Å². The smallest absolute Gasteiger partial charge is 0.246 e. The normalized spacial score (nSPS) is 12.6. The van der Waals surface area contributed by atoms with Gasteiger partial charge >= 0.3 is 5.69 Å². The highest BCUT2D eigenvalue weighted by Gasteiger charge is 2.14. The van der Waals surface area contributed by atoms with Crippen LogP contribution in [0.25, 0.3) is 5.65 Å². The maximum Gasteiger partial charge on any atom is 0.349 e. The lowest BCUT2D eigenvalue weighted by Gasteiger charge is -2.05. The molecule has 0 saturated carbocycles. The van der Waals surface area contributed by atoms with Crippen LogP contribution in [0.5, 0.6) is 0 Å². The van der Waals surface area contributed by atoms with Crippen LogP contribution < -0.4 is 5.69 Å². The lowest BCUT2D eigenvalue weighted by Crippen LogP contribution is -2.14. The zero-order chi connectivity index (χ0) is 11.7. The number of fused-ring (bicyclic) bond motifs is 1. The first-order valence-corrected chi connectivity index (χ1v) is 5.11. The highest BCUT2D eigenvalue weighted by Crippen LogP contribution is 2.15. The van der Waals surface area contributed by atoms with Gasteiger partial charge in [0, 0.05) is 11.9 Å². The molecule has 0 spiro atoms. The highest BCUT2D eigenvalue weighted by molar-refractivity contribution is 6.18. The molecule has 0 amide bonds. The molecule has 6 nitrogen and oxygen atoms in total. The third-order valence-electron chi connectivity index (χ3n) is 2.26. The van der Waals surface area contributed by atoms with Gasteiger partial charge in [0.1, 0.15) is 11.7 Å².